The Morgan fingerprint density at radius 3 is 2.78 bits per heavy atom. The standard InChI is InChI=1S/C15H16Cl2N4OS/c16-10-5-4-6-11(17)14(10)18-13(22)9-23-15-20-19-12-7-2-1-3-8-21(12)15/h4-6H,1-3,7-9H2,(H,18,22). The van der Waals surface area contributed by atoms with Crippen LogP contribution in [0.2, 0.25) is 10.0 Å². The first-order chi connectivity index (χ1) is 11.1. The zero-order valence-electron chi connectivity index (χ0n) is 12.4. The second-order valence-electron chi connectivity index (χ2n) is 5.29. The van der Waals surface area contributed by atoms with Crippen LogP contribution in [0.25, 0.3) is 0 Å². The third-order valence-corrected chi connectivity index (χ3v) is 5.23. The highest BCUT2D eigenvalue weighted by Crippen LogP contribution is 2.30. The highest BCUT2D eigenvalue weighted by molar-refractivity contribution is 7.99. The summed E-state index contributed by atoms with van der Waals surface area (Å²) in [5, 5.41) is 12.8. The van der Waals surface area contributed by atoms with Gasteiger partial charge < -0.3 is 9.88 Å². The lowest BCUT2D eigenvalue weighted by atomic mass is 10.2. The number of fused-ring (bicyclic) bond motifs is 1. The summed E-state index contributed by atoms with van der Waals surface area (Å²) in [7, 11) is 0. The number of aromatic nitrogens is 3. The second kappa shape index (κ2) is 7.55. The molecule has 1 aromatic heterocycles. The molecule has 0 bridgehead atoms. The quantitative estimate of drug-likeness (QED) is 0.824. The van der Waals surface area contributed by atoms with Gasteiger partial charge in [-0.15, -0.1) is 10.2 Å². The maximum Gasteiger partial charge on any atom is 0.234 e. The molecule has 0 saturated heterocycles. The molecule has 0 spiro atoms. The molecule has 5 nitrogen and oxygen atoms in total. The Morgan fingerprint density at radius 1 is 1.22 bits per heavy atom. The van der Waals surface area contributed by atoms with Gasteiger partial charge in [0.1, 0.15) is 5.82 Å². The summed E-state index contributed by atoms with van der Waals surface area (Å²) in [6, 6.07) is 5.11. The number of carbonyl (C=O) groups excluding carboxylic acids is 1. The van der Waals surface area contributed by atoms with E-state index in [1.807, 2.05) is 0 Å². The summed E-state index contributed by atoms with van der Waals surface area (Å²) in [6.07, 6.45) is 4.43. The summed E-state index contributed by atoms with van der Waals surface area (Å²) in [6.45, 7) is 0.919. The number of anilines is 1. The molecule has 0 fully saturated rings. The predicted molar refractivity (Wildman–Crippen MR) is 93.4 cm³/mol. The zero-order valence-corrected chi connectivity index (χ0v) is 14.7. The van der Waals surface area contributed by atoms with Gasteiger partial charge >= 0.3 is 0 Å². The molecule has 0 aliphatic carbocycles. The number of amides is 1. The Kier molecular flexibility index (Phi) is 5.46. The SMILES string of the molecule is O=C(CSc1nnc2n1CCCCC2)Nc1c(Cl)cccc1Cl. The number of aryl methyl sites for hydroxylation is 1. The van der Waals surface area contributed by atoms with Gasteiger partial charge in [0.05, 0.1) is 21.5 Å². The number of hydrogen-bond donors (Lipinski definition) is 1. The lowest BCUT2D eigenvalue weighted by molar-refractivity contribution is -0.113. The summed E-state index contributed by atoms with van der Waals surface area (Å²) in [5.41, 5.74) is 0.446. The molecule has 1 aromatic carbocycles. The van der Waals surface area contributed by atoms with E-state index in [0.717, 1.165) is 36.8 Å². The average molecular weight is 371 g/mol. The van der Waals surface area contributed by atoms with Crippen molar-refractivity contribution in [3.8, 4) is 0 Å². The number of benzene rings is 1. The van der Waals surface area contributed by atoms with Crippen LogP contribution in [0.5, 0.6) is 0 Å². The van der Waals surface area contributed by atoms with Crippen molar-refractivity contribution in [1.82, 2.24) is 14.8 Å². The highest BCUT2D eigenvalue weighted by atomic mass is 35.5. The van der Waals surface area contributed by atoms with Crippen molar-refractivity contribution >= 4 is 46.6 Å². The van der Waals surface area contributed by atoms with Crippen LogP contribution in [-0.2, 0) is 17.8 Å². The van der Waals surface area contributed by atoms with Crippen LogP contribution in [0, 0.1) is 0 Å². The molecule has 1 aliphatic rings. The fourth-order valence-electron chi connectivity index (χ4n) is 2.49. The maximum atomic E-state index is 12.1. The topological polar surface area (TPSA) is 59.8 Å². The van der Waals surface area contributed by atoms with Crippen molar-refractivity contribution in [2.75, 3.05) is 11.1 Å². The van der Waals surface area contributed by atoms with E-state index in [2.05, 4.69) is 20.1 Å². The van der Waals surface area contributed by atoms with Crippen molar-refractivity contribution in [1.29, 1.82) is 0 Å². The van der Waals surface area contributed by atoms with Crippen LogP contribution in [0.1, 0.15) is 25.1 Å². The number of nitrogens with one attached hydrogen (secondary N) is 1. The molecule has 122 valence electrons. The van der Waals surface area contributed by atoms with E-state index in [4.69, 9.17) is 23.2 Å². The number of hydrogen-bond acceptors (Lipinski definition) is 4. The van der Waals surface area contributed by atoms with Gasteiger partial charge in [0, 0.05) is 13.0 Å². The molecule has 1 amide bonds. The lowest BCUT2D eigenvalue weighted by Crippen LogP contribution is -2.15. The van der Waals surface area contributed by atoms with Crippen molar-refractivity contribution in [3.63, 3.8) is 0 Å². The van der Waals surface area contributed by atoms with Crippen molar-refractivity contribution in [2.24, 2.45) is 0 Å². The molecule has 2 aromatic rings. The summed E-state index contributed by atoms with van der Waals surface area (Å²) in [4.78, 5) is 12.1. The largest absolute Gasteiger partial charge is 0.323 e. The van der Waals surface area contributed by atoms with Gasteiger partial charge in [-0.1, -0.05) is 47.5 Å². The monoisotopic (exact) mass is 370 g/mol. The number of rotatable bonds is 4. The van der Waals surface area contributed by atoms with Crippen LogP contribution < -0.4 is 5.32 Å². The second-order valence-corrected chi connectivity index (χ2v) is 7.05. The minimum absolute atomic E-state index is 0.170. The van der Waals surface area contributed by atoms with E-state index in [-0.39, 0.29) is 11.7 Å². The summed E-state index contributed by atoms with van der Waals surface area (Å²) < 4.78 is 2.12. The van der Waals surface area contributed by atoms with Crippen molar-refractivity contribution in [3.05, 3.63) is 34.1 Å². The molecule has 0 saturated carbocycles. The Bertz CT molecular complexity index is 699. The molecule has 0 atom stereocenters. The van der Waals surface area contributed by atoms with Crippen LogP contribution in [0.3, 0.4) is 0 Å². The Hall–Kier alpha value is -1.24. The maximum absolute atomic E-state index is 12.1. The molecule has 2 heterocycles. The van der Waals surface area contributed by atoms with E-state index in [9.17, 15) is 4.79 Å². The molecular weight excluding hydrogens is 355 g/mol. The minimum atomic E-state index is -0.170. The predicted octanol–water partition coefficient (Wildman–Crippen LogP) is 4.04. The van der Waals surface area contributed by atoms with Crippen molar-refractivity contribution in [2.45, 2.75) is 37.4 Å². The zero-order chi connectivity index (χ0) is 16.2. The molecule has 1 aliphatic heterocycles. The first-order valence-electron chi connectivity index (χ1n) is 7.44. The molecule has 0 unspecified atom stereocenters. The van der Waals surface area contributed by atoms with E-state index in [1.54, 1.807) is 18.2 Å². The lowest BCUT2D eigenvalue weighted by Gasteiger charge is -2.09. The average Bonchev–Trinajstić information content (AvgIpc) is 2.76. The Morgan fingerprint density at radius 2 is 2.00 bits per heavy atom. The number of para-hydroxylation sites is 1. The van der Waals surface area contributed by atoms with Gasteiger partial charge in [-0.2, -0.15) is 0 Å². The third kappa shape index (κ3) is 4.00. The van der Waals surface area contributed by atoms with Gasteiger partial charge in [0.2, 0.25) is 5.91 Å². The van der Waals surface area contributed by atoms with Gasteiger partial charge in [0.15, 0.2) is 5.16 Å². The highest BCUT2D eigenvalue weighted by Gasteiger charge is 2.16. The number of halogens is 2. The number of thioether (sulfide) groups is 1. The summed E-state index contributed by atoms with van der Waals surface area (Å²) >= 11 is 13.5. The number of carbonyl (C=O) groups is 1. The fourth-order valence-corrected chi connectivity index (χ4v) is 3.76. The van der Waals surface area contributed by atoms with E-state index in [0.29, 0.717) is 15.7 Å². The molecule has 3 rings (SSSR count). The van der Waals surface area contributed by atoms with Gasteiger partial charge in [-0.25, -0.2) is 0 Å². The Labute approximate surface area is 148 Å². The van der Waals surface area contributed by atoms with Crippen LogP contribution >= 0.6 is 35.0 Å². The van der Waals surface area contributed by atoms with Gasteiger partial charge in [-0.05, 0) is 25.0 Å². The molecule has 8 heteroatoms. The molecule has 23 heavy (non-hydrogen) atoms. The normalized spacial score (nSPS) is 14.2. The van der Waals surface area contributed by atoms with E-state index in [1.165, 1.54) is 18.2 Å². The smallest absolute Gasteiger partial charge is 0.234 e. The van der Waals surface area contributed by atoms with E-state index >= 15 is 0 Å². The first-order valence-corrected chi connectivity index (χ1v) is 9.18. The van der Waals surface area contributed by atoms with Gasteiger partial charge in [-0.3, -0.25) is 4.79 Å². The molecule has 1 N–H and O–H groups in total. The van der Waals surface area contributed by atoms with Crippen LogP contribution in [0.4, 0.5) is 5.69 Å². The van der Waals surface area contributed by atoms with Crippen molar-refractivity contribution < 1.29 is 4.79 Å². The minimum Gasteiger partial charge on any atom is -0.323 e. The number of nitrogens with zero attached hydrogens (tertiary/aromatic N) is 3. The summed E-state index contributed by atoms with van der Waals surface area (Å²) in [5.74, 6) is 1.08. The molecular formula is C15H16Cl2N4OS. The van der Waals surface area contributed by atoms with Gasteiger partial charge in [0.25, 0.3) is 0 Å². The van der Waals surface area contributed by atoms with Crippen LogP contribution in [0.15, 0.2) is 23.4 Å². The molecule has 0 radical (unpaired) electrons. The van der Waals surface area contributed by atoms with Crippen LogP contribution in [-0.4, -0.2) is 26.4 Å². The Balaban J connectivity index is 1.63. The first kappa shape index (κ1) is 16.6. The third-order valence-electron chi connectivity index (χ3n) is 3.64. The van der Waals surface area contributed by atoms with E-state index < -0.39 is 0 Å². The fraction of sp³-hybridized carbons (Fsp3) is 0.400.